The molecule has 136 valence electrons. The molecule has 0 radical (unpaired) electrons. The lowest BCUT2D eigenvalue weighted by atomic mass is 10.1. The number of carboxylic acid groups (broad SMARTS) is 1. The molecule has 1 aromatic carbocycles. The van der Waals surface area contributed by atoms with E-state index in [2.05, 4.69) is 16.4 Å². The first-order valence-electron chi connectivity index (χ1n) is 9.07. The third-order valence-corrected chi connectivity index (χ3v) is 5.11. The van der Waals surface area contributed by atoms with Gasteiger partial charge in [0.1, 0.15) is 12.4 Å². The maximum atomic E-state index is 11.4. The smallest absolute Gasteiger partial charge is 0.323 e. The number of hydrogen-bond donors (Lipinski definition) is 2. The van der Waals surface area contributed by atoms with Gasteiger partial charge in [-0.3, -0.25) is 4.79 Å². The lowest BCUT2D eigenvalue weighted by molar-refractivity contribution is -0.135. The second-order valence-electron chi connectivity index (χ2n) is 7.13. The van der Waals surface area contributed by atoms with Crippen LogP contribution >= 0.6 is 11.6 Å². The van der Waals surface area contributed by atoms with Gasteiger partial charge in [-0.15, -0.1) is 0 Å². The first-order valence-corrected chi connectivity index (χ1v) is 9.45. The molecule has 6 heteroatoms. The number of benzene rings is 1. The van der Waals surface area contributed by atoms with Crippen molar-refractivity contribution in [1.29, 1.82) is 0 Å². The maximum Gasteiger partial charge on any atom is 0.323 e. The molecule has 0 bridgehead atoms. The first-order chi connectivity index (χ1) is 12.6. The van der Waals surface area contributed by atoms with Crippen molar-refractivity contribution in [2.24, 2.45) is 0 Å². The zero-order valence-corrected chi connectivity index (χ0v) is 15.2. The van der Waals surface area contributed by atoms with Gasteiger partial charge in [0.2, 0.25) is 0 Å². The van der Waals surface area contributed by atoms with Crippen LogP contribution in [0.15, 0.2) is 36.5 Å². The SMILES string of the molecule is O=C(O)CN(c1cccc(Cl)c1)c1cc(C2CC2)c(CNC2CC2)cn1. The summed E-state index contributed by atoms with van der Waals surface area (Å²) in [5.74, 6) is 0.324. The highest BCUT2D eigenvalue weighted by molar-refractivity contribution is 6.30. The highest BCUT2D eigenvalue weighted by Crippen LogP contribution is 2.43. The summed E-state index contributed by atoms with van der Waals surface area (Å²) in [7, 11) is 0. The summed E-state index contributed by atoms with van der Waals surface area (Å²) in [5.41, 5.74) is 3.25. The van der Waals surface area contributed by atoms with Crippen molar-refractivity contribution in [2.75, 3.05) is 11.4 Å². The van der Waals surface area contributed by atoms with Crippen LogP contribution in [0.4, 0.5) is 11.5 Å². The largest absolute Gasteiger partial charge is 0.480 e. The quantitative estimate of drug-likeness (QED) is 0.731. The Balaban J connectivity index is 1.66. The summed E-state index contributed by atoms with van der Waals surface area (Å²) < 4.78 is 0. The van der Waals surface area contributed by atoms with Crippen molar-refractivity contribution >= 4 is 29.1 Å². The molecule has 2 aliphatic carbocycles. The monoisotopic (exact) mass is 371 g/mol. The highest BCUT2D eigenvalue weighted by Gasteiger charge is 2.28. The summed E-state index contributed by atoms with van der Waals surface area (Å²) >= 11 is 6.10. The molecular weight excluding hydrogens is 350 g/mol. The lowest BCUT2D eigenvalue weighted by Crippen LogP contribution is -2.26. The zero-order valence-electron chi connectivity index (χ0n) is 14.5. The van der Waals surface area contributed by atoms with Crippen LogP contribution in [0.2, 0.25) is 5.02 Å². The molecule has 1 aromatic heterocycles. The van der Waals surface area contributed by atoms with Crippen LogP contribution in [0.1, 0.15) is 42.7 Å². The number of rotatable bonds is 8. The Kier molecular flexibility index (Phi) is 4.83. The minimum atomic E-state index is -0.903. The predicted molar refractivity (Wildman–Crippen MR) is 102 cm³/mol. The third kappa shape index (κ3) is 4.17. The number of halogens is 1. The second-order valence-corrected chi connectivity index (χ2v) is 7.57. The number of nitrogens with zero attached hydrogens (tertiary/aromatic N) is 2. The Morgan fingerprint density at radius 1 is 1.27 bits per heavy atom. The van der Waals surface area contributed by atoms with E-state index in [0.29, 0.717) is 22.8 Å². The topological polar surface area (TPSA) is 65.5 Å². The third-order valence-electron chi connectivity index (χ3n) is 4.87. The molecule has 0 spiro atoms. The molecule has 4 rings (SSSR count). The number of carboxylic acids is 1. The molecule has 0 atom stereocenters. The number of carbonyl (C=O) groups is 1. The van der Waals surface area contributed by atoms with Crippen molar-refractivity contribution in [3.63, 3.8) is 0 Å². The molecule has 26 heavy (non-hydrogen) atoms. The molecule has 2 fully saturated rings. The number of nitrogens with one attached hydrogen (secondary N) is 1. The van der Waals surface area contributed by atoms with Gasteiger partial charge in [-0.25, -0.2) is 4.98 Å². The van der Waals surface area contributed by atoms with Gasteiger partial charge in [-0.05, 0) is 67.0 Å². The van der Waals surface area contributed by atoms with E-state index in [9.17, 15) is 9.90 Å². The number of anilines is 2. The minimum absolute atomic E-state index is 0.156. The van der Waals surface area contributed by atoms with Crippen LogP contribution in [-0.2, 0) is 11.3 Å². The van der Waals surface area contributed by atoms with Crippen molar-refractivity contribution in [2.45, 2.75) is 44.2 Å². The van der Waals surface area contributed by atoms with Gasteiger partial charge < -0.3 is 15.3 Å². The maximum absolute atomic E-state index is 11.4. The predicted octanol–water partition coefficient (Wildman–Crippen LogP) is 4.09. The van der Waals surface area contributed by atoms with Crippen molar-refractivity contribution in [3.05, 3.63) is 52.7 Å². The van der Waals surface area contributed by atoms with Gasteiger partial charge in [0.05, 0.1) is 0 Å². The van der Waals surface area contributed by atoms with Crippen LogP contribution < -0.4 is 10.2 Å². The standard InChI is InChI=1S/C20H22ClN3O2/c21-15-2-1-3-17(8-15)24(12-20(25)26)19-9-18(13-4-5-13)14(11-23-19)10-22-16-6-7-16/h1-3,8-9,11,13,16,22H,4-7,10,12H2,(H,25,26). The van der Waals surface area contributed by atoms with Crippen molar-refractivity contribution in [3.8, 4) is 0 Å². The van der Waals surface area contributed by atoms with E-state index in [4.69, 9.17) is 11.6 Å². The van der Waals surface area contributed by atoms with Gasteiger partial charge in [0, 0.05) is 29.5 Å². The van der Waals surface area contributed by atoms with Crippen LogP contribution in [0.5, 0.6) is 0 Å². The lowest BCUT2D eigenvalue weighted by Gasteiger charge is -2.23. The summed E-state index contributed by atoms with van der Waals surface area (Å²) in [6.07, 6.45) is 6.79. The summed E-state index contributed by atoms with van der Waals surface area (Å²) in [4.78, 5) is 17.7. The Morgan fingerprint density at radius 3 is 2.73 bits per heavy atom. The number of aliphatic carboxylic acids is 1. The normalized spacial score (nSPS) is 16.5. The molecule has 2 saturated carbocycles. The molecule has 0 saturated heterocycles. The average Bonchev–Trinajstić information content (AvgIpc) is 3.51. The fourth-order valence-corrected chi connectivity index (χ4v) is 3.37. The van der Waals surface area contributed by atoms with Crippen molar-refractivity contribution in [1.82, 2.24) is 10.3 Å². The molecular formula is C20H22ClN3O2. The van der Waals surface area contributed by atoms with Gasteiger partial charge >= 0.3 is 5.97 Å². The molecule has 5 nitrogen and oxygen atoms in total. The Labute approximate surface area is 158 Å². The summed E-state index contributed by atoms with van der Waals surface area (Å²) in [6.45, 7) is 0.678. The van der Waals surface area contributed by atoms with E-state index in [1.165, 1.54) is 36.8 Å². The van der Waals surface area contributed by atoms with E-state index in [-0.39, 0.29) is 6.54 Å². The van der Waals surface area contributed by atoms with E-state index in [0.717, 1.165) is 12.2 Å². The second kappa shape index (κ2) is 7.25. The number of pyridine rings is 1. The van der Waals surface area contributed by atoms with E-state index >= 15 is 0 Å². The molecule has 2 aromatic rings. The van der Waals surface area contributed by atoms with Gasteiger partial charge in [0.15, 0.2) is 0 Å². The van der Waals surface area contributed by atoms with E-state index in [1.54, 1.807) is 17.0 Å². The molecule has 2 aliphatic rings. The van der Waals surface area contributed by atoms with Gasteiger partial charge in [-0.2, -0.15) is 0 Å². The van der Waals surface area contributed by atoms with Crippen LogP contribution in [-0.4, -0.2) is 28.6 Å². The molecule has 0 amide bonds. The summed E-state index contributed by atoms with van der Waals surface area (Å²) in [5, 5.41) is 13.5. The molecule has 0 aliphatic heterocycles. The number of hydrogen-bond acceptors (Lipinski definition) is 4. The van der Waals surface area contributed by atoms with Crippen molar-refractivity contribution < 1.29 is 9.90 Å². The van der Waals surface area contributed by atoms with Crippen LogP contribution in [0.25, 0.3) is 0 Å². The molecule has 2 N–H and O–H groups in total. The minimum Gasteiger partial charge on any atom is -0.480 e. The average molecular weight is 372 g/mol. The zero-order chi connectivity index (χ0) is 18.1. The highest BCUT2D eigenvalue weighted by atomic mass is 35.5. The van der Waals surface area contributed by atoms with Crippen LogP contribution in [0, 0.1) is 0 Å². The Bertz CT molecular complexity index is 818. The van der Waals surface area contributed by atoms with Crippen LogP contribution in [0.3, 0.4) is 0 Å². The van der Waals surface area contributed by atoms with Gasteiger partial charge in [0.25, 0.3) is 0 Å². The molecule has 1 heterocycles. The fourth-order valence-electron chi connectivity index (χ4n) is 3.18. The first kappa shape index (κ1) is 17.3. The summed E-state index contributed by atoms with van der Waals surface area (Å²) in [6, 6.07) is 9.94. The molecule has 0 unspecified atom stereocenters. The number of aromatic nitrogens is 1. The Morgan fingerprint density at radius 2 is 2.08 bits per heavy atom. The van der Waals surface area contributed by atoms with Gasteiger partial charge in [-0.1, -0.05) is 17.7 Å². The van der Waals surface area contributed by atoms with E-state index in [1.807, 2.05) is 18.3 Å². The Hall–Kier alpha value is -2.11. The van der Waals surface area contributed by atoms with E-state index < -0.39 is 5.97 Å². The fraction of sp³-hybridized carbons (Fsp3) is 0.400.